The van der Waals surface area contributed by atoms with Crippen LogP contribution in [0.5, 0.6) is 17.2 Å². The number of carbonyl (C=O) groups is 2. The van der Waals surface area contributed by atoms with Gasteiger partial charge in [0, 0.05) is 29.0 Å². The van der Waals surface area contributed by atoms with E-state index < -0.39 is 0 Å². The minimum Gasteiger partial charge on any atom is -0.508 e. The lowest BCUT2D eigenvalue weighted by atomic mass is 10.0. The fourth-order valence-electron chi connectivity index (χ4n) is 2.84. The van der Waals surface area contributed by atoms with Crippen molar-refractivity contribution in [1.82, 2.24) is 0 Å². The summed E-state index contributed by atoms with van der Waals surface area (Å²) in [5.74, 6) is 0.824. The summed E-state index contributed by atoms with van der Waals surface area (Å²) in [7, 11) is 0. The van der Waals surface area contributed by atoms with E-state index in [1.54, 1.807) is 54.6 Å². The number of Topliss-reactive ketones (excluding diaryl/α,β-unsaturated/α-hetero) is 2. The predicted molar refractivity (Wildman–Crippen MR) is 113 cm³/mol. The molecule has 3 rings (SSSR count). The van der Waals surface area contributed by atoms with E-state index in [-0.39, 0.29) is 35.8 Å². The van der Waals surface area contributed by atoms with Gasteiger partial charge in [0.25, 0.3) is 0 Å². The van der Waals surface area contributed by atoms with E-state index in [0.29, 0.717) is 34.1 Å². The normalized spacial score (nSPS) is 10.5. The zero-order valence-corrected chi connectivity index (χ0v) is 16.4. The summed E-state index contributed by atoms with van der Waals surface area (Å²) in [6.45, 7) is 0. The van der Waals surface area contributed by atoms with Gasteiger partial charge in [-0.1, -0.05) is 17.7 Å². The van der Waals surface area contributed by atoms with Gasteiger partial charge in [0.05, 0.1) is 5.69 Å². The number of hydrogen-bond donors (Lipinski definition) is 2. The molecule has 0 unspecified atom stereocenters. The summed E-state index contributed by atoms with van der Waals surface area (Å²) in [4.78, 5) is 24.8. The number of rotatable bonds is 8. The molecule has 3 aromatic rings. The van der Waals surface area contributed by atoms with E-state index in [2.05, 4.69) is 0 Å². The van der Waals surface area contributed by atoms with Crippen LogP contribution in [-0.2, 0) is 0 Å². The molecule has 0 saturated carbocycles. The van der Waals surface area contributed by atoms with Crippen molar-refractivity contribution in [2.75, 3.05) is 5.73 Å². The van der Waals surface area contributed by atoms with Crippen LogP contribution in [0.4, 0.5) is 5.69 Å². The molecule has 6 heteroatoms. The molecule has 0 fully saturated rings. The number of nitrogens with two attached hydrogens (primary N) is 1. The molecule has 0 aliphatic rings. The van der Waals surface area contributed by atoms with Gasteiger partial charge in [0.15, 0.2) is 17.3 Å². The molecule has 0 radical (unpaired) electrons. The Kier molecular flexibility index (Phi) is 6.52. The first-order valence-electron chi connectivity index (χ1n) is 9.11. The van der Waals surface area contributed by atoms with Crippen LogP contribution in [-0.4, -0.2) is 16.7 Å². The van der Waals surface area contributed by atoms with Crippen LogP contribution in [0.1, 0.15) is 40.0 Å². The average Bonchev–Trinajstić information content (AvgIpc) is 2.71. The van der Waals surface area contributed by atoms with Crippen molar-refractivity contribution in [3.63, 3.8) is 0 Å². The fraction of sp³-hybridized carbons (Fsp3) is 0.130. The van der Waals surface area contributed by atoms with Gasteiger partial charge in [-0.15, -0.1) is 0 Å². The monoisotopic (exact) mass is 409 g/mol. The Balaban J connectivity index is 1.61. The second kappa shape index (κ2) is 9.26. The molecule has 3 aromatic carbocycles. The van der Waals surface area contributed by atoms with E-state index in [9.17, 15) is 14.7 Å². The van der Waals surface area contributed by atoms with Gasteiger partial charge in [-0.25, -0.2) is 0 Å². The number of hydrogen-bond acceptors (Lipinski definition) is 5. The maximum Gasteiger partial charge on any atom is 0.165 e. The number of aromatic hydroxyl groups is 1. The van der Waals surface area contributed by atoms with Crippen molar-refractivity contribution >= 4 is 28.9 Å². The third kappa shape index (κ3) is 5.36. The minimum atomic E-state index is -0.150. The molecule has 0 spiro atoms. The number of nitrogen functional groups attached to an aromatic ring is 1. The van der Waals surface area contributed by atoms with Crippen molar-refractivity contribution in [2.45, 2.75) is 19.3 Å². The van der Waals surface area contributed by atoms with E-state index in [4.69, 9.17) is 22.1 Å². The molecule has 0 amide bonds. The van der Waals surface area contributed by atoms with Gasteiger partial charge >= 0.3 is 0 Å². The van der Waals surface area contributed by atoms with Crippen LogP contribution in [0.2, 0.25) is 5.02 Å². The van der Waals surface area contributed by atoms with Crippen molar-refractivity contribution in [3.05, 3.63) is 82.9 Å². The topological polar surface area (TPSA) is 89.6 Å². The lowest BCUT2D eigenvalue weighted by Crippen LogP contribution is -2.06. The highest BCUT2D eigenvalue weighted by molar-refractivity contribution is 6.30. The zero-order valence-electron chi connectivity index (χ0n) is 15.6. The van der Waals surface area contributed by atoms with Crippen molar-refractivity contribution in [2.24, 2.45) is 0 Å². The van der Waals surface area contributed by atoms with Gasteiger partial charge in [-0.2, -0.15) is 0 Å². The summed E-state index contributed by atoms with van der Waals surface area (Å²) in [5, 5.41) is 9.88. The summed E-state index contributed by atoms with van der Waals surface area (Å²) in [5.41, 5.74) is 7.27. The third-order valence-corrected chi connectivity index (χ3v) is 4.66. The smallest absolute Gasteiger partial charge is 0.165 e. The predicted octanol–water partition coefficient (Wildman–Crippen LogP) is 5.66. The van der Waals surface area contributed by atoms with E-state index in [0.717, 1.165) is 0 Å². The molecular weight excluding hydrogens is 390 g/mol. The SMILES string of the molecule is Nc1c(Oc2ccc(Cl)cc2)cccc1C(=O)CCCC(=O)c1ccc(O)cc1. The second-order valence-electron chi connectivity index (χ2n) is 6.52. The van der Waals surface area contributed by atoms with Crippen LogP contribution < -0.4 is 10.5 Å². The van der Waals surface area contributed by atoms with Crippen LogP contribution in [0.25, 0.3) is 0 Å². The van der Waals surface area contributed by atoms with Crippen LogP contribution >= 0.6 is 11.6 Å². The molecule has 0 atom stereocenters. The Labute approximate surface area is 173 Å². The number of phenols is 1. The Morgan fingerprint density at radius 1 is 0.897 bits per heavy atom. The number of ketones is 2. The van der Waals surface area contributed by atoms with Gasteiger partial charge < -0.3 is 15.6 Å². The standard InChI is InChI=1S/C23H20ClNO4/c24-16-9-13-18(14-10-16)29-22-6-1-3-19(23(22)25)21(28)5-2-4-20(27)15-7-11-17(26)12-8-15/h1,3,6-14,26H,2,4-5,25H2. The first-order chi connectivity index (χ1) is 13.9. The summed E-state index contributed by atoms with van der Waals surface area (Å²) >= 11 is 5.87. The Morgan fingerprint density at radius 3 is 2.24 bits per heavy atom. The molecule has 0 saturated heterocycles. The van der Waals surface area contributed by atoms with Crippen LogP contribution in [0.15, 0.2) is 66.7 Å². The molecule has 0 bridgehead atoms. The van der Waals surface area contributed by atoms with Crippen molar-refractivity contribution < 1.29 is 19.4 Å². The number of para-hydroxylation sites is 1. The molecule has 5 nitrogen and oxygen atoms in total. The van der Waals surface area contributed by atoms with Crippen molar-refractivity contribution in [1.29, 1.82) is 0 Å². The summed E-state index contributed by atoms with van der Waals surface area (Å²) in [6, 6.07) is 17.9. The number of benzene rings is 3. The number of halogens is 1. The van der Waals surface area contributed by atoms with E-state index >= 15 is 0 Å². The van der Waals surface area contributed by atoms with Crippen LogP contribution in [0.3, 0.4) is 0 Å². The molecule has 0 heterocycles. The lowest BCUT2D eigenvalue weighted by Gasteiger charge is -2.12. The quantitative estimate of drug-likeness (QED) is 0.370. The van der Waals surface area contributed by atoms with Crippen LogP contribution in [0, 0.1) is 0 Å². The molecule has 3 N–H and O–H groups in total. The van der Waals surface area contributed by atoms with Gasteiger partial charge in [0.1, 0.15) is 11.5 Å². The minimum absolute atomic E-state index is 0.0782. The summed E-state index contributed by atoms with van der Waals surface area (Å²) in [6.07, 6.45) is 0.829. The highest BCUT2D eigenvalue weighted by Gasteiger charge is 2.15. The highest BCUT2D eigenvalue weighted by atomic mass is 35.5. The molecule has 29 heavy (non-hydrogen) atoms. The molecule has 0 aliphatic heterocycles. The van der Waals surface area contributed by atoms with Gasteiger partial charge in [0.2, 0.25) is 0 Å². The number of phenolic OH excluding ortho intramolecular Hbond substituents is 1. The zero-order chi connectivity index (χ0) is 20.8. The Hall–Kier alpha value is -3.31. The number of anilines is 1. The summed E-state index contributed by atoms with van der Waals surface area (Å²) < 4.78 is 5.75. The largest absolute Gasteiger partial charge is 0.508 e. The van der Waals surface area contributed by atoms with E-state index in [1.807, 2.05) is 0 Å². The molecule has 0 aromatic heterocycles. The number of ether oxygens (including phenoxy) is 1. The first-order valence-corrected chi connectivity index (χ1v) is 9.49. The molecular formula is C23H20ClNO4. The number of carbonyl (C=O) groups excluding carboxylic acids is 2. The Morgan fingerprint density at radius 2 is 1.55 bits per heavy atom. The van der Waals surface area contributed by atoms with E-state index in [1.165, 1.54) is 12.1 Å². The maximum atomic E-state index is 12.6. The molecule has 148 valence electrons. The van der Waals surface area contributed by atoms with Crippen molar-refractivity contribution in [3.8, 4) is 17.2 Å². The maximum absolute atomic E-state index is 12.6. The first kappa shape index (κ1) is 20.4. The lowest BCUT2D eigenvalue weighted by molar-refractivity contribution is 0.0957. The Bertz CT molecular complexity index is 1010. The van der Waals surface area contributed by atoms with Gasteiger partial charge in [-0.3, -0.25) is 9.59 Å². The van der Waals surface area contributed by atoms with Gasteiger partial charge in [-0.05, 0) is 67.1 Å². The second-order valence-corrected chi connectivity index (χ2v) is 6.96. The molecule has 0 aliphatic carbocycles. The third-order valence-electron chi connectivity index (χ3n) is 4.40. The fourth-order valence-corrected chi connectivity index (χ4v) is 2.97. The highest BCUT2D eigenvalue weighted by Crippen LogP contribution is 2.31. The average molecular weight is 410 g/mol.